The molecule has 184 valence electrons. The molecule has 36 heavy (non-hydrogen) atoms. The molecule has 0 radical (unpaired) electrons. The number of rotatable bonds is 7. The van der Waals surface area contributed by atoms with E-state index in [1.807, 2.05) is 18.2 Å². The Hall–Kier alpha value is -3.82. The first-order chi connectivity index (χ1) is 17.3. The van der Waals surface area contributed by atoms with Crippen molar-refractivity contribution in [1.29, 1.82) is 10.5 Å². The fourth-order valence-electron chi connectivity index (χ4n) is 3.51. The number of nitrogens with one attached hydrogen (secondary N) is 1. The first-order valence-corrected chi connectivity index (χ1v) is 12.6. The summed E-state index contributed by atoms with van der Waals surface area (Å²) in [5.74, 6) is 2.11. The van der Waals surface area contributed by atoms with Gasteiger partial charge < -0.3 is 9.88 Å². The van der Waals surface area contributed by atoms with Crippen LogP contribution in [0.15, 0.2) is 53.3 Å². The number of halogens is 1. The fraction of sp³-hybridized carbons (Fsp3) is 0.333. The van der Waals surface area contributed by atoms with Gasteiger partial charge in [-0.15, -0.1) is 0 Å². The molecule has 0 aliphatic carbocycles. The van der Waals surface area contributed by atoms with Gasteiger partial charge in [0.25, 0.3) is 0 Å². The Bertz CT molecular complexity index is 1380. The van der Waals surface area contributed by atoms with Crippen LogP contribution in [0.1, 0.15) is 50.6 Å². The predicted molar refractivity (Wildman–Crippen MR) is 144 cm³/mol. The number of anilines is 1. The molecule has 0 atom stereocenters. The van der Waals surface area contributed by atoms with Crippen molar-refractivity contribution in [2.75, 3.05) is 11.9 Å². The molecule has 0 saturated carbocycles. The summed E-state index contributed by atoms with van der Waals surface area (Å²) in [5.41, 5.74) is 3.33. The minimum Gasteiger partial charge on any atom is -0.369 e. The lowest BCUT2D eigenvalue weighted by molar-refractivity contribution is 0.522. The average molecular weight is 545 g/mol. The van der Waals surface area contributed by atoms with Crippen molar-refractivity contribution >= 4 is 32.8 Å². The Morgan fingerprint density at radius 1 is 0.944 bits per heavy atom. The van der Waals surface area contributed by atoms with Crippen LogP contribution in [0, 0.1) is 34.5 Å². The number of hydrogen-bond acceptors (Lipinski definition) is 7. The Kier molecular flexibility index (Phi) is 9.49. The van der Waals surface area contributed by atoms with Gasteiger partial charge in [-0.3, -0.25) is 0 Å². The van der Waals surface area contributed by atoms with Crippen molar-refractivity contribution in [3.05, 3.63) is 76.2 Å². The highest BCUT2D eigenvalue weighted by atomic mass is 79.9. The summed E-state index contributed by atoms with van der Waals surface area (Å²) in [5, 5.41) is 21.8. The SMILES string of the molecule is CC(C)CNc1nc(C#N)ncc1Br.CC(C)Cn1c(Cc2ccccc2)cc2cnc(C#N)nc21. The molecule has 0 amide bonds. The van der Waals surface area contributed by atoms with Crippen molar-refractivity contribution in [1.82, 2.24) is 24.5 Å². The first kappa shape index (κ1) is 26.8. The van der Waals surface area contributed by atoms with Crippen LogP contribution in [0.2, 0.25) is 0 Å². The smallest absolute Gasteiger partial charge is 0.234 e. The minimum atomic E-state index is 0.180. The molecule has 8 nitrogen and oxygen atoms in total. The Labute approximate surface area is 220 Å². The van der Waals surface area contributed by atoms with E-state index in [1.54, 1.807) is 12.4 Å². The molecule has 0 aliphatic heterocycles. The van der Waals surface area contributed by atoms with Gasteiger partial charge in [0, 0.05) is 43.0 Å². The minimum absolute atomic E-state index is 0.180. The Morgan fingerprint density at radius 2 is 1.61 bits per heavy atom. The van der Waals surface area contributed by atoms with Gasteiger partial charge in [0.1, 0.15) is 23.6 Å². The van der Waals surface area contributed by atoms with Crippen LogP contribution in [-0.4, -0.2) is 31.0 Å². The third kappa shape index (κ3) is 7.34. The van der Waals surface area contributed by atoms with Gasteiger partial charge in [0.2, 0.25) is 11.6 Å². The quantitative estimate of drug-likeness (QED) is 0.315. The highest BCUT2D eigenvalue weighted by Gasteiger charge is 2.13. The number of aromatic nitrogens is 5. The average Bonchev–Trinajstić information content (AvgIpc) is 3.19. The van der Waals surface area contributed by atoms with Crippen molar-refractivity contribution in [3.63, 3.8) is 0 Å². The molecule has 3 heterocycles. The molecule has 1 aromatic carbocycles. The van der Waals surface area contributed by atoms with E-state index < -0.39 is 0 Å². The lowest BCUT2D eigenvalue weighted by Gasteiger charge is -2.12. The van der Waals surface area contributed by atoms with Crippen molar-refractivity contribution < 1.29 is 0 Å². The van der Waals surface area contributed by atoms with Crippen LogP contribution in [0.5, 0.6) is 0 Å². The topological polar surface area (TPSA) is 116 Å². The normalized spacial score (nSPS) is 10.6. The zero-order chi connectivity index (χ0) is 26.1. The molecule has 0 bridgehead atoms. The zero-order valence-corrected chi connectivity index (χ0v) is 22.5. The standard InChI is InChI=1S/C18H18N4.C9H11BrN4/c1-13(2)12-22-16(8-14-6-4-3-5-7-14)9-15-11-20-17(10-19)21-18(15)22;1-6(2)4-13-9-7(10)5-12-8(3-11)14-9/h3-7,9,11,13H,8,12H2,1-2H3;5-6H,4H2,1-2H3,(H,12,13,14). The molecule has 4 rings (SSSR count). The van der Waals surface area contributed by atoms with Gasteiger partial charge in [-0.1, -0.05) is 58.0 Å². The summed E-state index contributed by atoms with van der Waals surface area (Å²) in [6.45, 7) is 10.3. The molecule has 0 spiro atoms. The summed E-state index contributed by atoms with van der Waals surface area (Å²) < 4.78 is 2.99. The maximum atomic E-state index is 9.03. The van der Waals surface area contributed by atoms with E-state index in [9.17, 15) is 0 Å². The molecule has 0 saturated heterocycles. The second-order valence-corrected chi connectivity index (χ2v) is 10.0. The van der Waals surface area contributed by atoms with Crippen LogP contribution < -0.4 is 5.32 Å². The fourth-order valence-corrected chi connectivity index (χ4v) is 3.84. The molecular weight excluding hydrogens is 516 g/mol. The summed E-state index contributed by atoms with van der Waals surface area (Å²) in [6, 6.07) is 16.4. The van der Waals surface area contributed by atoms with Crippen molar-refractivity contribution in [3.8, 4) is 12.1 Å². The van der Waals surface area contributed by atoms with Gasteiger partial charge in [0.15, 0.2) is 0 Å². The zero-order valence-electron chi connectivity index (χ0n) is 20.9. The summed E-state index contributed by atoms with van der Waals surface area (Å²) in [6.07, 6.45) is 4.17. The van der Waals surface area contributed by atoms with E-state index in [-0.39, 0.29) is 11.6 Å². The summed E-state index contributed by atoms with van der Waals surface area (Å²) in [7, 11) is 0. The monoisotopic (exact) mass is 544 g/mol. The lowest BCUT2D eigenvalue weighted by atomic mass is 10.1. The van der Waals surface area contributed by atoms with Crippen molar-refractivity contribution in [2.45, 2.75) is 40.7 Å². The van der Waals surface area contributed by atoms with Gasteiger partial charge in [-0.2, -0.15) is 10.5 Å². The second-order valence-electron chi connectivity index (χ2n) is 9.16. The highest BCUT2D eigenvalue weighted by Crippen LogP contribution is 2.22. The van der Waals surface area contributed by atoms with E-state index in [0.29, 0.717) is 17.7 Å². The number of nitrogens with zero attached hydrogens (tertiary/aromatic N) is 7. The van der Waals surface area contributed by atoms with Gasteiger partial charge in [-0.25, -0.2) is 19.9 Å². The molecule has 4 aromatic rings. The third-order valence-corrected chi connectivity index (χ3v) is 5.70. The second kappa shape index (κ2) is 12.8. The Morgan fingerprint density at radius 3 is 2.25 bits per heavy atom. The number of fused-ring (bicyclic) bond motifs is 1. The maximum Gasteiger partial charge on any atom is 0.234 e. The maximum absolute atomic E-state index is 9.03. The van der Waals surface area contributed by atoms with Gasteiger partial charge in [-0.05, 0) is 39.4 Å². The van der Waals surface area contributed by atoms with Gasteiger partial charge in [0.05, 0.1) is 4.47 Å². The largest absolute Gasteiger partial charge is 0.369 e. The van der Waals surface area contributed by atoms with Crippen LogP contribution in [0.25, 0.3) is 11.0 Å². The highest BCUT2D eigenvalue weighted by molar-refractivity contribution is 9.10. The third-order valence-electron chi connectivity index (χ3n) is 5.12. The van der Waals surface area contributed by atoms with Gasteiger partial charge >= 0.3 is 0 Å². The summed E-state index contributed by atoms with van der Waals surface area (Å²) in [4.78, 5) is 16.3. The molecule has 0 aliphatic rings. The van der Waals surface area contributed by atoms with E-state index in [1.165, 1.54) is 11.3 Å². The van der Waals surface area contributed by atoms with E-state index in [0.717, 1.165) is 35.0 Å². The van der Waals surface area contributed by atoms with E-state index in [4.69, 9.17) is 10.5 Å². The van der Waals surface area contributed by atoms with Crippen LogP contribution >= 0.6 is 15.9 Å². The number of benzene rings is 1. The number of hydrogen-bond donors (Lipinski definition) is 1. The Balaban J connectivity index is 0.000000223. The van der Waals surface area contributed by atoms with E-state index >= 15 is 0 Å². The lowest BCUT2D eigenvalue weighted by Crippen LogP contribution is -2.10. The van der Waals surface area contributed by atoms with Crippen LogP contribution in [-0.2, 0) is 13.0 Å². The summed E-state index contributed by atoms with van der Waals surface area (Å²) >= 11 is 3.31. The molecule has 0 fully saturated rings. The molecule has 9 heteroatoms. The van der Waals surface area contributed by atoms with Crippen LogP contribution in [0.3, 0.4) is 0 Å². The van der Waals surface area contributed by atoms with E-state index in [2.05, 4.69) is 104 Å². The van der Waals surface area contributed by atoms with Crippen LogP contribution in [0.4, 0.5) is 5.82 Å². The predicted octanol–water partition coefficient (Wildman–Crippen LogP) is 5.73. The molecule has 0 unspecified atom stereocenters. The van der Waals surface area contributed by atoms with Crippen molar-refractivity contribution in [2.24, 2.45) is 11.8 Å². The molecule has 3 aromatic heterocycles. The molecular formula is C27H29BrN8. The molecule has 1 N–H and O–H groups in total. The number of nitriles is 2. The first-order valence-electron chi connectivity index (χ1n) is 11.8.